The number of rotatable bonds is 8. The number of fused-ring (bicyclic) bond motifs is 1. The van der Waals surface area contributed by atoms with E-state index in [0.717, 1.165) is 29.7 Å². The standard InChI is InChI=1S/C16H25N3O2/c1-16(20,8-9-17-10-11-21-3)12-14-13-6-4-5-7-15(13)19(2)18-14/h4-7,17,20H,8-12H2,1-3H3. The summed E-state index contributed by atoms with van der Waals surface area (Å²) in [7, 11) is 3.62. The molecule has 0 saturated heterocycles. The van der Waals surface area contributed by atoms with Crippen molar-refractivity contribution in [3.8, 4) is 0 Å². The number of nitrogens with one attached hydrogen (secondary N) is 1. The summed E-state index contributed by atoms with van der Waals surface area (Å²) in [6.07, 6.45) is 1.24. The number of benzene rings is 1. The van der Waals surface area contributed by atoms with E-state index in [1.165, 1.54) is 0 Å². The predicted octanol–water partition coefficient (Wildman–Crippen LogP) is 1.49. The van der Waals surface area contributed by atoms with E-state index in [0.29, 0.717) is 19.4 Å². The summed E-state index contributed by atoms with van der Waals surface area (Å²) in [5.41, 5.74) is 1.29. The molecule has 1 unspecified atom stereocenters. The van der Waals surface area contributed by atoms with Gasteiger partial charge in [-0.25, -0.2) is 0 Å². The minimum atomic E-state index is -0.767. The highest BCUT2D eigenvalue weighted by Gasteiger charge is 2.23. The first-order valence-electron chi connectivity index (χ1n) is 7.36. The number of methoxy groups -OCH3 is 1. The van der Waals surface area contributed by atoms with Gasteiger partial charge in [-0.1, -0.05) is 18.2 Å². The number of aliphatic hydroxyl groups is 1. The van der Waals surface area contributed by atoms with E-state index in [-0.39, 0.29) is 0 Å². The number of nitrogens with zero attached hydrogens (tertiary/aromatic N) is 2. The zero-order valence-corrected chi connectivity index (χ0v) is 13.1. The van der Waals surface area contributed by atoms with Gasteiger partial charge in [0.1, 0.15) is 0 Å². The van der Waals surface area contributed by atoms with Crippen LogP contribution < -0.4 is 5.32 Å². The summed E-state index contributed by atoms with van der Waals surface area (Å²) in [5.74, 6) is 0. The van der Waals surface area contributed by atoms with Crippen LogP contribution in [-0.2, 0) is 18.2 Å². The van der Waals surface area contributed by atoms with Crippen LogP contribution in [0.2, 0.25) is 0 Å². The first kappa shape index (κ1) is 15.9. The van der Waals surface area contributed by atoms with E-state index >= 15 is 0 Å². The molecule has 0 aliphatic heterocycles. The second kappa shape index (κ2) is 7.02. The van der Waals surface area contributed by atoms with Crippen molar-refractivity contribution < 1.29 is 9.84 Å². The Balaban J connectivity index is 1.98. The lowest BCUT2D eigenvalue weighted by atomic mass is 9.95. The molecule has 116 valence electrons. The molecule has 0 aliphatic rings. The summed E-state index contributed by atoms with van der Waals surface area (Å²) in [6, 6.07) is 8.12. The maximum absolute atomic E-state index is 10.6. The zero-order valence-electron chi connectivity index (χ0n) is 13.1. The molecule has 1 atom stereocenters. The Labute approximate surface area is 125 Å². The SMILES string of the molecule is COCCNCCC(C)(O)Cc1nn(C)c2ccccc12. The van der Waals surface area contributed by atoms with Crippen molar-refractivity contribution in [3.05, 3.63) is 30.0 Å². The molecule has 2 aromatic rings. The third-order valence-electron chi connectivity index (χ3n) is 3.71. The van der Waals surface area contributed by atoms with Crippen molar-refractivity contribution in [1.29, 1.82) is 0 Å². The molecule has 0 spiro atoms. The van der Waals surface area contributed by atoms with E-state index in [9.17, 15) is 5.11 Å². The van der Waals surface area contributed by atoms with Gasteiger partial charge in [0.2, 0.25) is 0 Å². The predicted molar refractivity (Wildman–Crippen MR) is 84.4 cm³/mol. The first-order valence-corrected chi connectivity index (χ1v) is 7.36. The number of aryl methyl sites for hydroxylation is 1. The Hall–Kier alpha value is -1.43. The molecule has 0 aliphatic carbocycles. The van der Waals surface area contributed by atoms with Crippen molar-refractivity contribution in [2.45, 2.75) is 25.4 Å². The highest BCUT2D eigenvalue weighted by Crippen LogP contribution is 2.23. The van der Waals surface area contributed by atoms with E-state index in [1.54, 1.807) is 7.11 Å². The van der Waals surface area contributed by atoms with Crippen molar-refractivity contribution in [2.24, 2.45) is 7.05 Å². The lowest BCUT2D eigenvalue weighted by Gasteiger charge is -2.22. The van der Waals surface area contributed by atoms with Crippen LogP contribution >= 0.6 is 0 Å². The maximum atomic E-state index is 10.6. The molecule has 5 nitrogen and oxygen atoms in total. The fraction of sp³-hybridized carbons (Fsp3) is 0.562. The van der Waals surface area contributed by atoms with Crippen LogP contribution in [0.25, 0.3) is 10.9 Å². The van der Waals surface area contributed by atoms with Gasteiger partial charge in [-0.15, -0.1) is 0 Å². The summed E-state index contributed by atoms with van der Waals surface area (Å²) >= 11 is 0. The zero-order chi connectivity index (χ0) is 15.3. The maximum Gasteiger partial charge on any atom is 0.0731 e. The summed E-state index contributed by atoms with van der Waals surface area (Å²) in [6.45, 7) is 4.13. The molecule has 1 heterocycles. The van der Waals surface area contributed by atoms with E-state index in [2.05, 4.69) is 16.5 Å². The number of hydrogen-bond acceptors (Lipinski definition) is 4. The number of hydrogen-bond donors (Lipinski definition) is 2. The van der Waals surface area contributed by atoms with Gasteiger partial charge in [0.25, 0.3) is 0 Å². The summed E-state index contributed by atoms with van der Waals surface area (Å²) in [4.78, 5) is 0. The fourth-order valence-electron chi connectivity index (χ4n) is 2.53. The van der Waals surface area contributed by atoms with Gasteiger partial charge >= 0.3 is 0 Å². The molecular weight excluding hydrogens is 266 g/mol. The second-order valence-corrected chi connectivity index (χ2v) is 5.75. The summed E-state index contributed by atoms with van der Waals surface area (Å²) < 4.78 is 6.86. The normalized spacial score (nSPS) is 14.5. The van der Waals surface area contributed by atoms with Crippen LogP contribution in [0.4, 0.5) is 0 Å². The van der Waals surface area contributed by atoms with E-state index in [1.807, 2.05) is 36.9 Å². The average molecular weight is 291 g/mol. The van der Waals surface area contributed by atoms with Crippen molar-refractivity contribution in [3.63, 3.8) is 0 Å². The Kier molecular flexibility index (Phi) is 5.33. The summed E-state index contributed by atoms with van der Waals surface area (Å²) in [5, 5.41) is 19.5. The van der Waals surface area contributed by atoms with E-state index in [4.69, 9.17) is 4.74 Å². The van der Waals surface area contributed by atoms with Gasteiger partial charge in [0.15, 0.2) is 0 Å². The molecule has 2 rings (SSSR count). The molecule has 5 heteroatoms. The molecule has 0 amide bonds. The highest BCUT2D eigenvalue weighted by atomic mass is 16.5. The van der Waals surface area contributed by atoms with Crippen LogP contribution in [0, 0.1) is 0 Å². The molecular formula is C16H25N3O2. The van der Waals surface area contributed by atoms with Gasteiger partial charge in [0, 0.05) is 32.5 Å². The molecule has 0 saturated carbocycles. The highest BCUT2D eigenvalue weighted by molar-refractivity contribution is 5.81. The van der Waals surface area contributed by atoms with Gasteiger partial charge in [-0.2, -0.15) is 5.10 Å². The second-order valence-electron chi connectivity index (χ2n) is 5.75. The number of ether oxygens (including phenoxy) is 1. The third kappa shape index (κ3) is 4.27. The monoisotopic (exact) mass is 291 g/mol. The molecule has 1 aromatic carbocycles. The van der Waals surface area contributed by atoms with Gasteiger partial charge in [-0.05, 0) is 26.0 Å². The number of para-hydroxylation sites is 1. The Morgan fingerprint density at radius 3 is 2.86 bits per heavy atom. The van der Waals surface area contributed by atoms with Gasteiger partial charge < -0.3 is 15.2 Å². The minimum Gasteiger partial charge on any atom is -0.390 e. The molecule has 1 aromatic heterocycles. The Morgan fingerprint density at radius 2 is 2.10 bits per heavy atom. The topological polar surface area (TPSA) is 59.3 Å². The van der Waals surface area contributed by atoms with Gasteiger partial charge in [0.05, 0.1) is 23.4 Å². The lowest BCUT2D eigenvalue weighted by Crippen LogP contribution is -2.33. The molecule has 0 radical (unpaired) electrons. The minimum absolute atomic E-state index is 0.556. The van der Waals surface area contributed by atoms with E-state index < -0.39 is 5.60 Å². The number of aromatic nitrogens is 2. The lowest BCUT2D eigenvalue weighted by molar-refractivity contribution is 0.0502. The Morgan fingerprint density at radius 1 is 1.33 bits per heavy atom. The molecule has 0 fully saturated rings. The smallest absolute Gasteiger partial charge is 0.0731 e. The molecule has 0 bridgehead atoms. The Bertz CT molecular complexity index is 578. The van der Waals surface area contributed by atoms with Crippen molar-refractivity contribution in [1.82, 2.24) is 15.1 Å². The van der Waals surface area contributed by atoms with Crippen molar-refractivity contribution in [2.75, 3.05) is 26.8 Å². The average Bonchev–Trinajstić information content (AvgIpc) is 2.75. The fourth-order valence-corrected chi connectivity index (χ4v) is 2.53. The van der Waals surface area contributed by atoms with Gasteiger partial charge in [-0.3, -0.25) is 4.68 Å². The molecule has 2 N–H and O–H groups in total. The van der Waals surface area contributed by atoms with Crippen LogP contribution in [0.5, 0.6) is 0 Å². The third-order valence-corrected chi connectivity index (χ3v) is 3.71. The first-order chi connectivity index (χ1) is 10.0. The van der Waals surface area contributed by atoms with Crippen LogP contribution in [0.3, 0.4) is 0 Å². The van der Waals surface area contributed by atoms with Crippen LogP contribution in [0.15, 0.2) is 24.3 Å². The van der Waals surface area contributed by atoms with Crippen LogP contribution in [-0.4, -0.2) is 47.3 Å². The quantitative estimate of drug-likeness (QED) is 0.724. The largest absolute Gasteiger partial charge is 0.390 e. The molecule has 21 heavy (non-hydrogen) atoms. The van der Waals surface area contributed by atoms with Crippen molar-refractivity contribution >= 4 is 10.9 Å². The van der Waals surface area contributed by atoms with Crippen LogP contribution in [0.1, 0.15) is 19.0 Å².